The number of rotatable bonds is 11. The third-order valence-corrected chi connectivity index (χ3v) is 7.12. The minimum absolute atomic E-state index is 0.227. The second kappa shape index (κ2) is 11.6. The summed E-state index contributed by atoms with van der Waals surface area (Å²) in [4.78, 5) is 18.2. The fraction of sp³-hybridized carbons (Fsp3) is 0.536. The highest BCUT2D eigenvalue weighted by Crippen LogP contribution is 2.42. The van der Waals surface area contributed by atoms with Crippen LogP contribution in [-0.4, -0.2) is 63.2 Å². The number of amides is 1. The van der Waals surface area contributed by atoms with Gasteiger partial charge in [0.2, 0.25) is 5.91 Å². The van der Waals surface area contributed by atoms with Crippen molar-refractivity contribution in [1.82, 2.24) is 9.80 Å². The van der Waals surface area contributed by atoms with Gasteiger partial charge in [0.05, 0.1) is 19.6 Å². The summed E-state index contributed by atoms with van der Waals surface area (Å²) in [5.41, 5.74) is 1.90. The third kappa shape index (κ3) is 5.89. The highest BCUT2D eigenvalue weighted by molar-refractivity contribution is 5.89. The number of hydrogen-bond acceptors (Lipinski definition) is 4. The number of methoxy groups -OCH3 is 2. The predicted molar refractivity (Wildman–Crippen MR) is 134 cm³/mol. The Balaban J connectivity index is 1.57. The van der Waals surface area contributed by atoms with Crippen molar-refractivity contribution in [3.63, 3.8) is 0 Å². The van der Waals surface area contributed by atoms with Crippen LogP contribution < -0.4 is 9.47 Å². The first-order valence-electron chi connectivity index (χ1n) is 12.2. The zero-order chi connectivity index (χ0) is 23.8. The molecule has 1 amide bonds. The molecule has 0 saturated carbocycles. The maximum Gasteiger partial charge on any atom is 0.233 e. The number of likely N-dealkylation sites (tertiary alicyclic amines) is 1. The number of nitrogens with zero attached hydrogens (tertiary/aromatic N) is 2. The van der Waals surface area contributed by atoms with Crippen LogP contribution in [0.25, 0.3) is 0 Å². The SMILES string of the molecule is COc1cccc(CCN(C)CCCN2CCCC(c3cccc(OC)c3)(C(C)C)C2=O)c1. The summed E-state index contributed by atoms with van der Waals surface area (Å²) >= 11 is 0. The lowest BCUT2D eigenvalue weighted by atomic mass is 9.66. The topological polar surface area (TPSA) is 42.0 Å². The van der Waals surface area contributed by atoms with E-state index in [1.165, 1.54) is 5.56 Å². The molecular formula is C28H40N2O3. The lowest BCUT2D eigenvalue weighted by Crippen LogP contribution is -2.54. The van der Waals surface area contributed by atoms with E-state index in [1.807, 2.05) is 30.3 Å². The van der Waals surface area contributed by atoms with Gasteiger partial charge in [-0.25, -0.2) is 0 Å². The largest absolute Gasteiger partial charge is 0.497 e. The van der Waals surface area contributed by atoms with E-state index in [-0.39, 0.29) is 11.8 Å². The molecule has 2 aromatic rings. The lowest BCUT2D eigenvalue weighted by Gasteiger charge is -2.45. The van der Waals surface area contributed by atoms with Crippen LogP contribution in [0.1, 0.15) is 44.2 Å². The quantitative estimate of drug-likeness (QED) is 0.492. The van der Waals surface area contributed by atoms with Crippen LogP contribution in [0, 0.1) is 5.92 Å². The van der Waals surface area contributed by atoms with Crippen LogP contribution >= 0.6 is 0 Å². The molecule has 5 heteroatoms. The normalized spacial score (nSPS) is 18.8. The standard InChI is InChI=1S/C28H40N2O3/c1-22(2)28(24-11-7-13-26(21-24)33-5)15-8-17-30(27(28)31)18-9-16-29(3)19-14-23-10-6-12-25(20-23)32-4/h6-7,10-13,20-22H,8-9,14-19H2,1-5H3. The zero-order valence-corrected chi connectivity index (χ0v) is 21.0. The van der Waals surface area contributed by atoms with Gasteiger partial charge in [0.1, 0.15) is 11.5 Å². The summed E-state index contributed by atoms with van der Waals surface area (Å²) < 4.78 is 10.8. The van der Waals surface area contributed by atoms with Crippen LogP contribution in [0.2, 0.25) is 0 Å². The monoisotopic (exact) mass is 452 g/mol. The van der Waals surface area contributed by atoms with Crippen molar-refractivity contribution in [1.29, 1.82) is 0 Å². The second-order valence-electron chi connectivity index (χ2n) is 9.51. The van der Waals surface area contributed by atoms with Crippen LogP contribution in [0.4, 0.5) is 0 Å². The van der Waals surface area contributed by atoms with Crippen LogP contribution in [0.5, 0.6) is 11.5 Å². The molecule has 3 rings (SSSR count). The molecule has 1 fully saturated rings. The molecule has 0 spiro atoms. The summed E-state index contributed by atoms with van der Waals surface area (Å²) in [6, 6.07) is 16.4. The maximum atomic E-state index is 13.8. The van der Waals surface area contributed by atoms with E-state index in [4.69, 9.17) is 9.47 Å². The van der Waals surface area contributed by atoms with Crippen molar-refractivity contribution in [2.75, 3.05) is 47.4 Å². The number of ether oxygens (including phenoxy) is 2. The number of carbonyl (C=O) groups excluding carboxylic acids is 1. The van der Waals surface area contributed by atoms with Gasteiger partial charge in [-0.1, -0.05) is 38.1 Å². The second-order valence-corrected chi connectivity index (χ2v) is 9.51. The Bertz CT molecular complexity index is 914. The molecule has 0 aliphatic carbocycles. The van der Waals surface area contributed by atoms with Crippen molar-refractivity contribution in [2.45, 2.75) is 44.9 Å². The van der Waals surface area contributed by atoms with Gasteiger partial charge in [-0.05, 0) is 80.6 Å². The Morgan fingerprint density at radius 3 is 2.42 bits per heavy atom. The zero-order valence-electron chi connectivity index (χ0n) is 21.0. The summed E-state index contributed by atoms with van der Waals surface area (Å²) in [5, 5.41) is 0. The van der Waals surface area contributed by atoms with Gasteiger partial charge < -0.3 is 19.3 Å². The van der Waals surface area contributed by atoms with E-state index in [0.717, 1.165) is 68.9 Å². The summed E-state index contributed by atoms with van der Waals surface area (Å²) in [5.74, 6) is 2.22. The first-order valence-corrected chi connectivity index (χ1v) is 12.2. The highest BCUT2D eigenvalue weighted by atomic mass is 16.5. The first kappa shape index (κ1) is 25.1. The van der Waals surface area contributed by atoms with E-state index in [9.17, 15) is 4.79 Å². The molecule has 5 nitrogen and oxygen atoms in total. The van der Waals surface area contributed by atoms with Gasteiger partial charge in [-0.2, -0.15) is 0 Å². The number of piperidine rings is 1. The van der Waals surface area contributed by atoms with Gasteiger partial charge in [-0.3, -0.25) is 4.79 Å². The van der Waals surface area contributed by atoms with Crippen LogP contribution in [0.15, 0.2) is 48.5 Å². The van der Waals surface area contributed by atoms with Crippen LogP contribution in [-0.2, 0) is 16.6 Å². The average Bonchev–Trinajstić information content (AvgIpc) is 2.84. The van der Waals surface area contributed by atoms with Crippen LogP contribution in [0.3, 0.4) is 0 Å². The Hall–Kier alpha value is -2.53. The molecule has 0 aromatic heterocycles. The number of likely N-dealkylation sites (N-methyl/N-ethyl adjacent to an activating group) is 1. The molecule has 2 aromatic carbocycles. The van der Waals surface area contributed by atoms with Crippen molar-refractivity contribution < 1.29 is 14.3 Å². The fourth-order valence-electron chi connectivity index (χ4n) is 5.08. The Morgan fingerprint density at radius 2 is 1.73 bits per heavy atom. The molecular weight excluding hydrogens is 412 g/mol. The molecule has 1 atom stereocenters. The molecule has 1 unspecified atom stereocenters. The minimum atomic E-state index is -0.467. The molecule has 33 heavy (non-hydrogen) atoms. The first-order chi connectivity index (χ1) is 15.9. The summed E-state index contributed by atoms with van der Waals surface area (Å²) in [6.45, 7) is 7.97. The predicted octanol–water partition coefficient (Wildman–Crippen LogP) is 4.78. The molecule has 1 saturated heterocycles. The van der Waals surface area contributed by atoms with Gasteiger partial charge >= 0.3 is 0 Å². The molecule has 180 valence electrons. The van der Waals surface area contributed by atoms with Gasteiger partial charge in [0.25, 0.3) is 0 Å². The van der Waals surface area contributed by atoms with Crippen molar-refractivity contribution in [2.24, 2.45) is 5.92 Å². The molecule has 1 aliphatic rings. The van der Waals surface area contributed by atoms with E-state index in [2.05, 4.69) is 48.9 Å². The van der Waals surface area contributed by atoms with E-state index >= 15 is 0 Å². The van der Waals surface area contributed by atoms with Gasteiger partial charge in [0.15, 0.2) is 0 Å². The number of carbonyl (C=O) groups is 1. The smallest absolute Gasteiger partial charge is 0.233 e. The van der Waals surface area contributed by atoms with E-state index < -0.39 is 5.41 Å². The highest BCUT2D eigenvalue weighted by Gasteiger charge is 2.47. The molecule has 1 heterocycles. The van der Waals surface area contributed by atoms with Gasteiger partial charge in [0, 0.05) is 19.6 Å². The number of hydrogen-bond donors (Lipinski definition) is 0. The van der Waals surface area contributed by atoms with Crippen molar-refractivity contribution in [3.8, 4) is 11.5 Å². The van der Waals surface area contributed by atoms with E-state index in [1.54, 1.807) is 14.2 Å². The summed E-state index contributed by atoms with van der Waals surface area (Å²) in [6.07, 6.45) is 3.90. The molecule has 0 N–H and O–H groups in total. The molecule has 0 bridgehead atoms. The Kier molecular flexibility index (Phi) is 8.79. The van der Waals surface area contributed by atoms with Crippen molar-refractivity contribution >= 4 is 5.91 Å². The van der Waals surface area contributed by atoms with Crippen molar-refractivity contribution in [3.05, 3.63) is 59.7 Å². The summed E-state index contributed by atoms with van der Waals surface area (Å²) in [7, 11) is 5.54. The molecule has 0 radical (unpaired) electrons. The molecule has 1 aliphatic heterocycles. The van der Waals surface area contributed by atoms with E-state index in [0.29, 0.717) is 0 Å². The number of benzene rings is 2. The lowest BCUT2D eigenvalue weighted by molar-refractivity contribution is -0.143. The minimum Gasteiger partial charge on any atom is -0.497 e. The average molecular weight is 453 g/mol. The Morgan fingerprint density at radius 1 is 1.03 bits per heavy atom. The Labute approximate surface area is 199 Å². The van der Waals surface area contributed by atoms with Gasteiger partial charge in [-0.15, -0.1) is 0 Å². The third-order valence-electron chi connectivity index (χ3n) is 7.12. The fourth-order valence-corrected chi connectivity index (χ4v) is 5.08. The maximum absolute atomic E-state index is 13.8.